The molecule has 2 N–H and O–H groups in total. The third-order valence-electron chi connectivity index (χ3n) is 3.54. The topological polar surface area (TPSA) is 64.2 Å². The Morgan fingerprint density at radius 1 is 1.48 bits per heavy atom. The maximum absolute atomic E-state index is 12.3. The highest BCUT2D eigenvalue weighted by Crippen LogP contribution is 2.20. The third kappa shape index (κ3) is 3.54. The quantitative estimate of drug-likeness (QED) is 0.891. The first-order chi connectivity index (χ1) is 10.1. The zero-order chi connectivity index (χ0) is 15.4. The lowest BCUT2D eigenvalue weighted by molar-refractivity contribution is -0.130. The summed E-state index contributed by atoms with van der Waals surface area (Å²) in [6.45, 7) is 3.42. The van der Waals surface area contributed by atoms with Gasteiger partial charge < -0.3 is 15.2 Å². The summed E-state index contributed by atoms with van der Waals surface area (Å²) in [5.74, 6) is 0.761. The van der Waals surface area contributed by atoms with Crippen molar-refractivity contribution in [2.45, 2.75) is 32.9 Å². The minimum Gasteiger partial charge on any atom is -0.344 e. The molecule has 2 rings (SSSR count). The number of carbonyl (C=O) groups excluding carboxylic acids is 1. The van der Waals surface area contributed by atoms with E-state index >= 15 is 0 Å². The van der Waals surface area contributed by atoms with Crippen molar-refractivity contribution in [2.75, 3.05) is 13.6 Å². The summed E-state index contributed by atoms with van der Waals surface area (Å²) in [5, 5.41) is 0.627. The molecule has 0 saturated heterocycles. The van der Waals surface area contributed by atoms with Crippen LogP contribution in [0.4, 0.5) is 0 Å². The summed E-state index contributed by atoms with van der Waals surface area (Å²) >= 11 is 5.98. The monoisotopic (exact) mass is 308 g/mol. The van der Waals surface area contributed by atoms with Gasteiger partial charge in [-0.15, -0.1) is 0 Å². The van der Waals surface area contributed by atoms with E-state index in [1.165, 1.54) is 0 Å². The van der Waals surface area contributed by atoms with Crippen molar-refractivity contribution >= 4 is 28.5 Å². The standard InChI is InChI=1S/C15H21ClN4O/c1-3-4-7-19(2)15(21)10-20-13-6-5-11(16)8-12(13)18-14(20)9-17/h5-6,8H,3-4,7,9-10,17H2,1-2H3. The molecule has 0 atom stereocenters. The molecule has 0 aliphatic carbocycles. The number of likely N-dealkylation sites (N-methyl/N-ethyl adjacent to an activating group) is 1. The van der Waals surface area contributed by atoms with Gasteiger partial charge in [0.25, 0.3) is 0 Å². The predicted octanol–water partition coefficient (Wildman–Crippen LogP) is 2.41. The van der Waals surface area contributed by atoms with E-state index in [1.54, 1.807) is 17.0 Å². The summed E-state index contributed by atoms with van der Waals surface area (Å²) in [6.07, 6.45) is 2.07. The summed E-state index contributed by atoms with van der Waals surface area (Å²) < 4.78 is 1.87. The lowest BCUT2D eigenvalue weighted by atomic mass is 10.3. The lowest BCUT2D eigenvalue weighted by Crippen LogP contribution is -2.31. The molecule has 1 amide bonds. The molecular formula is C15H21ClN4O. The molecule has 6 heteroatoms. The van der Waals surface area contributed by atoms with Gasteiger partial charge in [0.2, 0.25) is 5.91 Å². The van der Waals surface area contributed by atoms with E-state index in [4.69, 9.17) is 17.3 Å². The highest BCUT2D eigenvalue weighted by Gasteiger charge is 2.15. The van der Waals surface area contributed by atoms with Gasteiger partial charge >= 0.3 is 0 Å². The first-order valence-electron chi connectivity index (χ1n) is 7.15. The van der Waals surface area contributed by atoms with Crippen molar-refractivity contribution in [3.8, 4) is 0 Å². The van der Waals surface area contributed by atoms with Crippen molar-refractivity contribution in [1.82, 2.24) is 14.5 Å². The molecule has 2 aromatic rings. The number of hydrogen-bond acceptors (Lipinski definition) is 3. The van der Waals surface area contributed by atoms with Gasteiger partial charge in [-0.05, 0) is 24.6 Å². The summed E-state index contributed by atoms with van der Waals surface area (Å²) in [7, 11) is 1.83. The Morgan fingerprint density at radius 3 is 2.90 bits per heavy atom. The second-order valence-electron chi connectivity index (χ2n) is 5.12. The number of nitrogens with two attached hydrogens (primary N) is 1. The number of amides is 1. The van der Waals surface area contributed by atoms with Crippen molar-refractivity contribution in [1.29, 1.82) is 0 Å². The highest BCUT2D eigenvalue weighted by molar-refractivity contribution is 6.31. The fourth-order valence-corrected chi connectivity index (χ4v) is 2.43. The van der Waals surface area contributed by atoms with Crippen LogP contribution in [0.2, 0.25) is 5.02 Å². The Kier molecular flexibility index (Phi) is 5.20. The summed E-state index contributed by atoms with van der Waals surface area (Å²) in [4.78, 5) is 18.5. The Labute approximate surface area is 129 Å². The van der Waals surface area contributed by atoms with Gasteiger partial charge in [0.1, 0.15) is 12.4 Å². The number of unbranched alkanes of at least 4 members (excludes halogenated alkanes) is 1. The van der Waals surface area contributed by atoms with Crippen LogP contribution in [0.25, 0.3) is 11.0 Å². The fraction of sp³-hybridized carbons (Fsp3) is 0.467. The molecule has 0 radical (unpaired) electrons. The molecule has 0 aliphatic rings. The maximum Gasteiger partial charge on any atom is 0.242 e. The Bertz CT molecular complexity index is 638. The van der Waals surface area contributed by atoms with Crippen LogP contribution < -0.4 is 5.73 Å². The van der Waals surface area contributed by atoms with Crippen LogP contribution in [0, 0.1) is 0 Å². The van der Waals surface area contributed by atoms with Crippen LogP contribution in [0.1, 0.15) is 25.6 Å². The molecule has 0 fully saturated rings. The first kappa shape index (κ1) is 15.8. The van der Waals surface area contributed by atoms with Crippen LogP contribution in [0.5, 0.6) is 0 Å². The summed E-state index contributed by atoms with van der Waals surface area (Å²) in [5.41, 5.74) is 7.40. The van der Waals surface area contributed by atoms with E-state index in [9.17, 15) is 4.79 Å². The van der Waals surface area contributed by atoms with Crippen molar-refractivity contribution in [2.24, 2.45) is 5.73 Å². The van der Waals surface area contributed by atoms with E-state index in [0.29, 0.717) is 10.8 Å². The number of halogens is 1. The smallest absolute Gasteiger partial charge is 0.242 e. The molecule has 5 nitrogen and oxygen atoms in total. The van der Waals surface area contributed by atoms with Crippen LogP contribution in [-0.4, -0.2) is 34.0 Å². The lowest BCUT2D eigenvalue weighted by Gasteiger charge is -2.18. The number of fused-ring (bicyclic) bond motifs is 1. The number of hydrogen-bond donors (Lipinski definition) is 1. The molecule has 114 valence electrons. The minimum absolute atomic E-state index is 0.0624. The molecule has 1 aromatic heterocycles. The molecule has 1 heterocycles. The Balaban J connectivity index is 2.26. The van der Waals surface area contributed by atoms with Gasteiger partial charge in [0, 0.05) is 18.6 Å². The SMILES string of the molecule is CCCCN(C)C(=O)Cn1c(CN)nc2cc(Cl)ccc21. The molecule has 0 aliphatic heterocycles. The molecular weight excluding hydrogens is 288 g/mol. The number of nitrogens with zero attached hydrogens (tertiary/aromatic N) is 3. The number of benzene rings is 1. The molecule has 0 unspecified atom stereocenters. The van der Waals surface area contributed by atoms with Gasteiger partial charge in [0.15, 0.2) is 0 Å². The molecule has 21 heavy (non-hydrogen) atoms. The summed E-state index contributed by atoms with van der Waals surface area (Å²) in [6, 6.07) is 5.47. The average molecular weight is 309 g/mol. The Hall–Kier alpha value is -1.59. The zero-order valence-corrected chi connectivity index (χ0v) is 13.2. The van der Waals surface area contributed by atoms with Gasteiger partial charge in [0.05, 0.1) is 17.6 Å². The van der Waals surface area contributed by atoms with Crippen molar-refractivity contribution < 1.29 is 4.79 Å². The van der Waals surface area contributed by atoms with Crippen LogP contribution in [0.3, 0.4) is 0 Å². The van der Waals surface area contributed by atoms with Gasteiger partial charge in [-0.25, -0.2) is 4.98 Å². The van der Waals surface area contributed by atoms with E-state index in [0.717, 1.165) is 30.4 Å². The predicted molar refractivity (Wildman–Crippen MR) is 85.2 cm³/mol. The van der Waals surface area contributed by atoms with Crippen LogP contribution >= 0.6 is 11.6 Å². The third-order valence-corrected chi connectivity index (χ3v) is 3.77. The number of imidazole rings is 1. The molecule has 1 aromatic carbocycles. The number of aromatic nitrogens is 2. The van der Waals surface area contributed by atoms with Crippen LogP contribution in [-0.2, 0) is 17.9 Å². The van der Waals surface area contributed by atoms with E-state index in [1.807, 2.05) is 17.7 Å². The molecule has 0 bridgehead atoms. The second kappa shape index (κ2) is 6.91. The number of carbonyl (C=O) groups is 1. The van der Waals surface area contributed by atoms with Crippen LogP contribution in [0.15, 0.2) is 18.2 Å². The van der Waals surface area contributed by atoms with Gasteiger partial charge in [-0.1, -0.05) is 24.9 Å². The molecule has 0 saturated carbocycles. The average Bonchev–Trinajstić information content (AvgIpc) is 2.81. The highest BCUT2D eigenvalue weighted by atomic mass is 35.5. The minimum atomic E-state index is 0.0624. The number of rotatable bonds is 6. The van der Waals surface area contributed by atoms with Crippen molar-refractivity contribution in [3.05, 3.63) is 29.0 Å². The normalized spacial score (nSPS) is 11.0. The van der Waals surface area contributed by atoms with Crippen molar-refractivity contribution in [3.63, 3.8) is 0 Å². The largest absolute Gasteiger partial charge is 0.344 e. The van der Waals surface area contributed by atoms with E-state index < -0.39 is 0 Å². The zero-order valence-electron chi connectivity index (χ0n) is 12.5. The fourth-order valence-electron chi connectivity index (χ4n) is 2.26. The first-order valence-corrected chi connectivity index (χ1v) is 7.53. The molecule has 0 spiro atoms. The Morgan fingerprint density at radius 2 is 2.24 bits per heavy atom. The van der Waals surface area contributed by atoms with Gasteiger partial charge in [-0.2, -0.15) is 0 Å². The van der Waals surface area contributed by atoms with E-state index in [2.05, 4.69) is 11.9 Å². The van der Waals surface area contributed by atoms with E-state index in [-0.39, 0.29) is 19.0 Å². The second-order valence-corrected chi connectivity index (χ2v) is 5.56. The van der Waals surface area contributed by atoms with Gasteiger partial charge in [-0.3, -0.25) is 4.79 Å². The maximum atomic E-state index is 12.3.